The highest BCUT2D eigenvalue weighted by Gasteiger charge is 2.15. The summed E-state index contributed by atoms with van der Waals surface area (Å²) in [6.07, 6.45) is 1.61. The number of hydrogen-bond acceptors (Lipinski definition) is 3. The van der Waals surface area contributed by atoms with Crippen molar-refractivity contribution in [2.24, 2.45) is 0 Å². The predicted molar refractivity (Wildman–Crippen MR) is 96.3 cm³/mol. The summed E-state index contributed by atoms with van der Waals surface area (Å²) in [5, 5.41) is 13.2. The van der Waals surface area contributed by atoms with E-state index in [0.29, 0.717) is 5.82 Å². The molecule has 3 aromatic rings. The number of para-hydroxylation sites is 1. The lowest BCUT2D eigenvalue weighted by molar-refractivity contribution is 0.237. The number of carbonyl (C=O) groups is 1. The first-order valence-corrected chi connectivity index (χ1v) is 8.46. The van der Waals surface area contributed by atoms with Crippen LogP contribution in [0.25, 0.3) is 5.69 Å². The minimum absolute atomic E-state index is 0.0471. The van der Waals surface area contributed by atoms with Crippen molar-refractivity contribution in [2.75, 3.05) is 0 Å². The van der Waals surface area contributed by atoms with Gasteiger partial charge < -0.3 is 10.6 Å². The highest BCUT2D eigenvalue weighted by molar-refractivity contribution is 5.74. The van der Waals surface area contributed by atoms with Gasteiger partial charge in [-0.2, -0.15) is 0 Å². The lowest BCUT2D eigenvalue weighted by Crippen LogP contribution is -2.41. The van der Waals surface area contributed by atoms with Crippen molar-refractivity contribution in [2.45, 2.75) is 25.9 Å². The molecule has 0 aliphatic rings. The van der Waals surface area contributed by atoms with Crippen LogP contribution in [0.15, 0.2) is 54.9 Å². The zero-order valence-corrected chi connectivity index (χ0v) is 14.7. The highest BCUT2D eigenvalue weighted by atomic mass is 19.1. The first kappa shape index (κ1) is 18.5. The maximum atomic E-state index is 13.7. The topological polar surface area (TPSA) is 71.8 Å². The molecule has 27 heavy (non-hydrogen) atoms. The second-order valence-electron chi connectivity index (χ2n) is 6.09. The van der Waals surface area contributed by atoms with E-state index >= 15 is 0 Å². The molecule has 0 saturated heterocycles. The SMILES string of the molecule is CC(Cc1c(F)cccc1F)NC(=O)NCc1nncn1-c1ccccc1. The van der Waals surface area contributed by atoms with E-state index in [9.17, 15) is 13.6 Å². The van der Waals surface area contributed by atoms with Crippen molar-refractivity contribution in [1.82, 2.24) is 25.4 Å². The third-order valence-electron chi connectivity index (χ3n) is 4.01. The number of nitrogens with one attached hydrogen (secondary N) is 2. The van der Waals surface area contributed by atoms with Gasteiger partial charge in [-0.05, 0) is 37.6 Å². The molecule has 0 fully saturated rings. The molecule has 2 aromatic carbocycles. The van der Waals surface area contributed by atoms with Gasteiger partial charge >= 0.3 is 6.03 Å². The van der Waals surface area contributed by atoms with Crippen LogP contribution in [0.4, 0.5) is 13.6 Å². The Kier molecular flexibility index (Phi) is 5.75. The van der Waals surface area contributed by atoms with E-state index in [1.54, 1.807) is 17.8 Å². The Morgan fingerprint density at radius 1 is 1.11 bits per heavy atom. The van der Waals surface area contributed by atoms with Crippen molar-refractivity contribution in [3.63, 3.8) is 0 Å². The van der Waals surface area contributed by atoms with Gasteiger partial charge in [0.15, 0.2) is 5.82 Å². The van der Waals surface area contributed by atoms with Crippen LogP contribution >= 0.6 is 0 Å². The fourth-order valence-corrected chi connectivity index (χ4v) is 2.70. The van der Waals surface area contributed by atoms with E-state index in [0.717, 1.165) is 5.69 Å². The van der Waals surface area contributed by atoms with Gasteiger partial charge in [0.2, 0.25) is 0 Å². The van der Waals surface area contributed by atoms with Crippen LogP contribution in [-0.4, -0.2) is 26.8 Å². The molecule has 0 saturated carbocycles. The highest BCUT2D eigenvalue weighted by Crippen LogP contribution is 2.14. The van der Waals surface area contributed by atoms with E-state index in [-0.39, 0.29) is 18.5 Å². The van der Waals surface area contributed by atoms with Crippen molar-refractivity contribution < 1.29 is 13.6 Å². The first-order valence-electron chi connectivity index (χ1n) is 8.46. The number of amides is 2. The number of hydrogen-bond donors (Lipinski definition) is 2. The molecule has 1 heterocycles. The van der Waals surface area contributed by atoms with Gasteiger partial charge in [-0.3, -0.25) is 4.57 Å². The van der Waals surface area contributed by atoms with Crippen LogP contribution in [0.3, 0.4) is 0 Å². The van der Waals surface area contributed by atoms with Crippen LogP contribution in [0, 0.1) is 11.6 Å². The molecule has 6 nitrogen and oxygen atoms in total. The number of halogens is 2. The van der Waals surface area contributed by atoms with Crippen molar-refractivity contribution in [3.05, 3.63) is 77.9 Å². The lowest BCUT2D eigenvalue weighted by atomic mass is 10.1. The Hall–Kier alpha value is -3.29. The van der Waals surface area contributed by atoms with Gasteiger partial charge in [0.25, 0.3) is 0 Å². The van der Waals surface area contributed by atoms with Crippen LogP contribution in [-0.2, 0) is 13.0 Å². The Morgan fingerprint density at radius 3 is 2.52 bits per heavy atom. The maximum absolute atomic E-state index is 13.7. The van der Waals surface area contributed by atoms with E-state index < -0.39 is 23.7 Å². The van der Waals surface area contributed by atoms with Gasteiger partial charge in [0.05, 0.1) is 6.54 Å². The van der Waals surface area contributed by atoms with E-state index in [1.807, 2.05) is 30.3 Å². The molecule has 2 N–H and O–H groups in total. The molecule has 1 aromatic heterocycles. The van der Waals surface area contributed by atoms with Crippen LogP contribution in [0.2, 0.25) is 0 Å². The molecule has 8 heteroatoms. The minimum Gasteiger partial charge on any atom is -0.335 e. The van der Waals surface area contributed by atoms with Crippen molar-refractivity contribution in [1.29, 1.82) is 0 Å². The summed E-state index contributed by atoms with van der Waals surface area (Å²) in [6, 6.07) is 12.3. The number of nitrogens with zero attached hydrogens (tertiary/aromatic N) is 3. The third-order valence-corrected chi connectivity index (χ3v) is 4.01. The fraction of sp³-hybridized carbons (Fsp3) is 0.211. The number of carbonyl (C=O) groups excluding carboxylic acids is 1. The zero-order valence-electron chi connectivity index (χ0n) is 14.7. The normalized spacial score (nSPS) is 11.8. The van der Waals surface area contributed by atoms with E-state index in [2.05, 4.69) is 20.8 Å². The molecule has 0 bridgehead atoms. The standard InChI is InChI=1S/C19H19F2N5O/c1-13(10-15-16(20)8-5-9-17(15)21)24-19(27)22-11-18-25-23-12-26(18)14-6-3-2-4-7-14/h2-9,12-13H,10-11H2,1H3,(H2,22,24,27). The maximum Gasteiger partial charge on any atom is 0.315 e. The summed E-state index contributed by atoms with van der Waals surface area (Å²) in [6.45, 7) is 1.83. The summed E-state index contributed by atoms with van der Waals surface area (Å²) in [5.41, 5.74) is 0.831. The number of urea groups is 1. The second kappa shape index (κ2) is 8.39. The Balaban J connectivity index is 1.56. The number of aromatic nitrogens is 3. The Bertz CT molecular complexity index is 893. The second-order valence-corrected chi connectivity index (χ2v) is 6.09. The number of rotatable bonds is 6. The number of benzene rings is 2. The first-order chi connectivity index (χ1) is 13.0. The van der Waals surface area contributed by atoms with Crippen molar-refractivity contribution >= 4 is 6.03 Å². The Labute approximate surface area is 155 Å². The van der Waals surface area contributed by atoms with Gasteiger partial charge in [0.1, 0.15) is 18.0 Å². The summed E-state index contributed by atoms with van der Waals surface area (Å²) in [4.78, 5) is 12.1. The predicted octanol–water partition coefficient (Wildman–Crippen LogP) is 2.98. The van der Waals surface area contributed by atoms with Crippen molar-refractivity contribution in [3.8, 4) is 5.69 Å². The summed E-state index contributed by atoms with van der Waals surface area (Å²) in [5.74, 6) is -0.691. The molecule has 1 unspecified atom stereocenters. The molecular weight excluding hydrogens is 352 g/mol. The molecule has 2 amide bonds. The quantitative estimate of drug-likeness (QED) is 0.700. The monoisotopic (exact) mass is 371 g/mol. The zero-order chi connectivity index (χ0) is 19.2. The van der Waals surface area contributed by atoms with Gasteiger partial charge in [-0.1, -0.05) is 24.3 Å². The molecule has 0 radical (unpaired) electrons. The molecular formula is C19H19F2N5O. The van der Waals surface area contributed by atoms with Crippen LogP contribution in [0.1, 0.15) is 18.3 Å². The van der Waals surface area contributed by atoms with Gasteiger partial charge in [-0.15, -0.1) is 10.2 Å². The van der Waals surface area contributed by atoms with Gasteiger partial charge in [-0.25, -0.2) is 13.6 Å². The molecule has 0 aliphatic heterocycles. The molecule has 3 rings (SSSR count). The van der Waals surface area contributed by atoms with Gasteiger partial charge in [0, 0.05) is 17.3 Å². The molecule has 0 spiro atoms. The minimum atomic E-state index is -0.625. The molecule has 140 valence electrons. The summed E-state index contributed by atoms with van der Waals surface area (Å²) in [7, 11) is 0. The van der Waals surface area contributed by atoms with Crippen LogP contribution < -0.4 is 10.6 Å². The summed E-state index contributed by atoms with van der Waals surface area (Å²) >= 11 is 0. The Morgan fingerprint density at radius 2 is 1.81 bits per heavy atom. The average molecular weight is 371 g/mol. The smallest absolute Gasteiger partial charge is 0.315 e. The average Bonchev–Trinajstić information content (AvgIpc) is 3.12. The lowest BCUT2D eigenvalue weighted by Gasteiger charge is -2.15. The van der Waals surface area contributed by atoms with E-state index in [4.69, 9.17) is 0 Å². The largest absolute Gasteiger partial charge is 0.335 e. The fourth-order valence-electron chi connectivity index (χ4n) is 2.70. The summed E-state index contributed by atoms with van der Waals surface area (Å²) < 4.78 is 29.2. The third kappa shape index (κ3) is 4.66. The molecule has 1 atom stereocenters. The van der Waals surface area contributed by atoms with E-state index in [1.165, 1.54) is 18.2 Å². The molecule has 0 aliphatic carbocycles. The van der Waals surface area contributed by atoms with Crippen LogP contribution in [0.5, 0.6) is 0 Å².